The third-order valence-corrected chi connectivity index (χ3v) is 7.98. The Morgan fingerprint density at radius 1 is 1.11 bits per heavy atom. The van der Waals surface area contributed by atoms with E-state index in [1.165, 1.54) is 0 Å². The summed E-state index contributed by atoms with van der Waals surface area (Å²) in [5.41, 5.74) is 0.784. The zero-order valence-corrected chi connectivity index (χ0v) is 21.7. The lowest BCUT2D eigenvalue weighted by Gasteiger charge is -2.44. The number of hydrogen-bond donors (Lipinski definition) is 1. The summed E-state index contributed by atoms with van der Waals surface area (Å²) in [6.07, 6.45) is 4.31. The van der Waals surface area contributed by atoms with Gasteiger partial charge in [0.05, 0.1) is 12.5 Å². The summed E-state index contributed by atoms with van der Waals surface area (Å²) in [6.45, 7) is 5.75. The van der Waals surface area contributed by atoms with Crippen LogP contribution in [0, 0.1) is 5.92 Å². The van der Waals surface area contributed by atoms with Gasteiger partial charge in [-0.25, -0.2) is 4.79 Å². The number of halogens is 2. The molecule has 1 aliphatic carbocycles. The number of nitrogens with one attached hydrogen (secondary N) is 1. The fraction of sp³-hybridized carbons (Fsp3) is 0.640. The van der Waals surface area contributed by atoms with E-state index in [1.54, 1.807) is 17.0 Å². The van der Waals surface area contributed by atoms with Crippen LogP contribution in [0.25, 0.3) is 0 Å². The average Bonchev–Trinajstić information content (AvgIpc) is 3.29. The van der Waals surface area contributed by atoms with Crippen LogP contribution in [0.5, 0.6) is 0 Å². The molecular formula is C25H34Cl2N4O4. The maximum atomic E-state index is 13.7. The van der Waals surface area contributed by atoms with Crippen LogP contribution in [0.2, 0.25) is 10.0 Å². The normalized spacial score (nSPS) is 24.3. The smallest absolute Gasteiger partial charge is 0.318 e. The van der Waals surface area contributed by atoms with E-state index in [4.69, 9.17) is 27.9 Å². The maximum Gasteiger partial charge on any atom is 0.318 e. The van der Waals surface area contributed by atoms with Crippen LogP contribution in [0.3, 0.4) is 0 Å². The van der Waals surface area contributed by atoms with Gasteiger partial charge in [-0.15, -0.1) is 0 Å². The van der Waals surface area contributed by atoms with Gasteiger partial charge in [-0.2, -0.15) is 0 Å². The SMILES string of the molecule is CCOC(=O)[C@H]1CCCC[C@@H]1N1CCN(C(=O)C(Cc2ccc(Cl)cc2Cl)N2CCNC2=O)CC1. The average molecular weight is 525 g/mol. The number of piperazine rings is 1. The number of nitrogens with zero attached hydrogens (tertiary/aromatic N) is 3. The second-order valence-corrected chi connectivity index (χ2v) is 10.3. The molecule has 3 atom stereocenters. The summed E-state index contributed by atoms with van der Waals surface area (Å²) in [6, 6.07) is 4.52. The van der Waals surface area contributed by atoms with Gasteiger partial charge in [-0.1, -0.05) is 42.1 Å². The summed E-state index contributed by atoms with van der Waals surface area (Å²) < 4.78 is 5.34. The molecule has 2 saturated heterocycles. The molecule has 3 amide bonds. The van der Waals surface area contributed by atoms with Gasteiger partial charge in [0.2, 0.25) is 5.91 Å². The molecule has 10 heteroatoms. The number of carbonyl (C=O) groups is 3. The van der Waals surface area contributed by atoms with E-state index in [-0.39, 0.29) is 29.9 Å². The summed E-state index contributed by atoms with van der Waals surface area (Å²) in [5.74, 6) is -0.270. The number of hydrogen-bond acceptors (Lipinski definition) is 5. The zero-order chi connectivity index (χ0) is 24.9. The Kier molecular flexibility index (Phi) is 8.78. The van der Waals surface area contributed by atoms with E-state index in [9.17, 15) is 14.4 Å². The molecule has 0 spiro atoms. The fourth-order valence-corrected chi connectivity index (χ4v) is 6.05. The third-order valence-electron chi connectivity index (χ3n) is 7.39. The Balaban J connectivity index is 1.44. The third kappa shape index (κ3) is 6.04. The van der Waals surface area contributed by atoms with Crippen LogP contribution in [0.4, 0.5) is 4.79 Å². The molecular weight excluding hydrogens is 491 g/mol. The van der Waals surface area contributed by atoms with Gasteiger partial charge >= 0.3 is 12.0 Å². The van der Waals surface area contributed by atoms with Gasteiger partial charge in [0.25, 0.3) is 0 Å². The highest BCUT2D eigenvalue weighted by atomic mass is 35.5. The molecule has 35 heavy (non-hydrogen) atoms. The van der Waals surface area contributed by atoms with Gasteiger partial charge in [-0.05, 0) is 37.5 Å². The molecule has 3 fully saturated rings. The maximum absolute atomic E-state index is 13.7. The van der Waals surface area contributed by atoms with Crippen molar-refractivity contribution in [3.63, 3.8) is 0 Å². The Morgan fingerprint density at radius 3 is 2.51 bits per heavy atom. The van der Waals surface area contributed by atoms with Crippen molar-refractivity contribution in [1.29, 1.82) is 0 Å². The van der Waals surface area contributed by atoms with E-state index in [1.807, 2.05) is 17.9 Å². The standard InChI is InChI=1S/C25H34Cl2N4O4/c1-2-35-24(33)19-5-3-4-6-21(19)29-11-13-30(14-12-29)23(32)22(31-10-9-28-25(31)34)15-17-7-8-18(26)16-20(17)27/h7-8,16,19,21-22H,2-6,9-15H2,1H3,(H,28,34)/t19-,21-,22?/m0/s1. The van der Waals surface area contributed by atoms with E-state index in [0.717, 1.165) is 31.2 Å². The van der Waals surface area contributed by atoms with Crippen LogP contribution in [-0.2, 0) is 20.7 Å². The topological polar surface area (TPSA) is 82.2 Å². The molecule has 192 valence electrons. The van der Waals surface area contributed by atoms with Crippen LogP contribution in [0.15, 0.2) is 18.2 Å². The lowest BCUT2D eigenvalue weighted by Crippen LogP contribution is -2.59. The van der Waals surface area contributed by atoms with Gasteiger partial charge in [0, 0.05) is 61.8 Å². The molecule has 1 unspecified atom stereocenters. The van der Waals surface area contributed by atoms with Crippen molar-refractivity contribution in [3.8, 4) is 0 Å². The molecule has 1 saturated carbocycles. The molecule has 1 aromatic carbocycles. The number of ether oxygens (including phenoxy) is 1. The summed E-state index contributed by atoms with van der Waals surface area (Å²) >= 11 is 12.4. The Bertz CT molecular complexity index is 938. The molecule has 0 aromatic heterocycles. The highest BCUT2D eigenvalue weighted by molar-refractivity contribution is 6.35. The summed E-state index contributed by atoms with van der Waals surface area (Å²) in [7, 11) is 0. The summed E-state index contributed by atoms with van der Waals surface area (Å²) in [5, 5.41) is 3.82. The summed E-state index contributed by atoms with van der Waals surface area (Å²) in [4.78, 5) is 44.5. The van der Waals surface area contributed by atoms with E-state index in [2.05, 4.69) is 10.2 Å². The van der Waals surface area contributed by atoms with Crippen LogP contribution in [0.1, 0.15) is 38.2 Å². The largest absolute Gasteiger partial charge is 0.466 e. The highest BCUT2D eigenvalue weighted by Gasteiger charge is 2.40. The molecule has 3 aliphatic rings. The predicted molar refractivity (Wildman–Crippen MR) is 135 cm³/mol. The van der Waals surface area contributed by atoms with Crippen molar-refractivity contribution in [2.45, 2.75) is 51.1 Å². The van der Waals surface area contributed by atoms with Gasteiger partial charge < -0.3 is 19.9 Å². The molecule has 0 radical (unpaired) electrons. The first-order chi connectivity index (χ1) is 16.9. The molecule has 2 heterocycles. The second-order valence-electron chi connectivity index (χ2n) is 9.45. The Hall–Kier alpha value is -2.03. The molecule has 8 nitrogen and oxygen atoms in total. The van der Waals surface area contributed by atoms with Crippen LogP contribution >= 0.6 is 23.2 Å². The number of amides is 3. The van der Waals surface area contributed by atoms with Crippen molar-refractivity contribution >= 4 is 41.1 Å². The first-order valence-electron chi connectivity index (χ1n) is 12.6. The number of esters is 1. The van der Waals surface area contributed by atoms with Crippen molar-refractivity contribution in [1.82, 2.24) is 20.0 Å². The van der Waals surface area contributed by atoms with Crippen molar-refractivity contribution in [2.75, 3.05) is 45.9 Å². The number of carbonyl (C=O) groups excluding carboxylic acids is 3. The number of urea groups is 1. The van der Waals surface area contributed by atoms with Gasteiger partial charge in [-0.3, -0.25) is 14.5 Å². The van der Waals surface area contributed by atoms with Gasteiger partial charge in [0.15, 0.2) is 0 Å². The first-order valence-corrected chi connectivity index (χ1v) is 13.3. The minimum atomic E-state index is -0.635. The van der Waals surface area contributed by atoms with E-state index >= 15 is 0 Å². The van der Waals surface area contributed by atoms with Crippen molar-refractivity contribution in [3.05, 3.63) is 33.8 Å². The number of benzene rings is 1. The molecule has 1 aromatic rings. The monoisotopic (exact) mass is 524 g/mol. The molecule has 0 bridgehead atoms. The number of rotatable bonds is 7. The van der Waals surface area contributed by atoms with Crippen molar-refractivity contribution in [2.24, 2.45) is 5.92 Å². The molecule has 4 rings (SSSR count). The van der Waals surface area contributed by atoms with Crippen LogP contribution < -0.4 is 5.32 Å². The second kappa shape index (κ2) is 11.8. The van der Waals surface area contributed by atoms with E-state index in [0.29, 0.717) is 62.3 Å². The minimum Gasteiger partial charge on any atom is -0.466 e. The lowest BCUT2D eigenvalue weighted by molar-refractivity contribution is -0.153. The molecule has 2 aliphatic heterocycles. The first kappa shape index (κ1) is 26.0. The van der Waals surface area contributed by atoms with Gasteiger partial charge in [0.1, 0.15) is 6.04 Å². The Labute approximate surface area is 216 Å². The minimum absolute atomic E-state index is 0.0710. The molecule has 1 N–H and O–H groups in total. The van der Waals surface area contributed by atoms with Crippen molar-refractivity contribution < 1.29 is 19.1 Å². The zero-order valence-electron chi connectivity index (χ0n) is 20.2. The Morgan fingerprint density at radius 2 is 1.86 bits per heavy atom. The lowest BCUT2D eigenvalue weighted by atomic mass is 9.83. The predicted octanol–water partition coefficient (Wildman–Crippen LogP) is 3.20. The fourth-order valence-electron chi connectivity index (χ4n) is 5.57. The van der Waals surface area contributed by atoms with Crippen LogP contribution in [-0.4, -0.2) is 90.6 Å². The highest BCUT2D eigenvalue weighted by Crippen LogP contribution is 2.31. The van der Waals surface area contributed by atoms with E-state index < -0.39 is 6.04 Å². The quantitative estimate of drug-likeness (QED) is 0.553.